The van der Waals surface area contributed by atoms with Crippen molar-refractivity contribution in [3.05, 3.63) is 42.0 Å². The molecule has 6 nitrogen and oxygen atoms in total. The Labute approximate surface area is 153 Å². The summed E-state index contributed by atoms with van der Waals surface area (Å²) in [5, 5.41) is 7.69. The summed E-state index contributed by atoms with van der Waals surface area (Å²) < 4.78 is 28.8. The lowest BCUT2D eigenvalue weighted by atomic mass is 10.2. The van der Waals surface area contributed by atoms with Crippen LogP contribution in [0, 0.1) is 11.6 Å². The average molecular weight is 368 g/mol. The number of benzene rings is 2. The first-order chi connectivity index (χ1) is 13.1. The third-order valence-corrected chi connectivity index (χ3v) is 5.17. The van der Waals surface area contributed by atoms with E-state index < -0.39 is 0 Å². The first-order valence-electron chi connectivity index (χ1n) is 8.86. The second kappa shape index (κ2) is 6.02. The van der Waals surface area contributed by atoms with Crippen LogP contribution < -0.4 is 4.90 Å². The van der Waals surface area contributed by atoms with Gasteiger partial charge in [-0.25, -0.2) is 13.8 Å². The van der Waals surface area contributed by atoms with Gasteiger partial charge in [-0.05, 0) is 37.4 Å². The van der Waals surface area contributed by atoms with Crippen LogP contribution in [-0.4, -0.2) is 58.3 Å². The fraction of sp³-hybridized carbons (Fsp3) is 0.263. The van der Waals surface area contributed by atoms with Crippen LogP contribution >= 0.6 is 0 Å². The van der Waals surface area contributed by atoms with E-state index in [9.17, 15) is 4.39 Å². The quantitative estimate of drug-likeness (QED) is 0.571. The molecule has 0 atom stereocenters. The van der Waals surface area contributed by atoms with E-state index in [0.717, 1.165) is 26.2 Å². The summed E-state index contributed by atoms with van der Waals surface area (Å²) in [4.78, 5) is 11.8. The number of H-pyrrole nitrogens is 2. The number of imidazole rings is 1. The van der Waals surface area contributed by atoms with Crippen molar-refractivity contribution in [3.8, 4) is 11.5 Å². The molecule has 0 spiro atoms. The van der Waals surface area contributed by atoms with Gasteiger partial charge in [-0.1, -0.05) is 0 Å². The first-order valence-corrected chi connectivity index (χ1v) is 8.86. The number of hydrogen-bond donors (Lipinski definition) is 2. The number of nitrogens with zero attached hydrogens (tertiary/aromatic N) is 4. The van der Waals surface area contributed by atoms with Gasteiger partial charge in [-0.15, -0.1) is 0 Å². The minimum atomic E-state index is -0.357. The second-order valence-electron chi connectivity index (χ2n) is 6.93. The zero-order chi connectivity index (χ0) is 18.5. The molecule has 5 rings (SSSR count). The van der Waals surface area contributed by atoms with Gasteiger partial charge in [0.25, 0.3) is 0 Å². The van der Waals surface area contributed by atoms with Gasteiger partial charge in [0.2, 0.25) is 0 Å². The lowest BCUT2D eigenvalue weighted by Gasteiger charge is -2.34. The number of rotatable bonds is 2. The van der Waals surface area contributed by atoms with Crippen LogP contribution in [0.5, 0.6) is 0 Å². The standard InChI is InChI=1S/C19H18F2N6/c1-26-6-8-27(9-7-26)15-5-4-14-18(16(15)21)23-19(22-14)17-12-10-11(20)2-3-13(12)24-25-17/h2-5,10H,6-9H2,1H3,(H,22,23)(H,24,25). The van der Waals surface area contributed by atoms with Gasteiger partial charge >= 0.3 is 0 Å². The zero-order valence-electron chi connectivity index (χ0n) is 14.8. The van der Waals surface area contributed by atoms with Crippen molar-refractivity contribution in [2.75, 3.05) is 38.1 Å². The molecule has 2 aromatic heterocycles. The SMILES string of the molecule is CN1CCN(c2ccc3[nH]c(-c4n[nH]c5ccc(F)cc45)nc3c2F)CC1. The van der Waals surface area contributed by atoms with E-state index in [1.54, 1.807) is 12.1 Å². The van der Waals surface area contributed by atoms with Gasteiger partial charge in [0.05, 0.1) is 16.7 Å². The fourth-order valence-electron chi connectivity index (χ4n) is 3.60. The van der Waals surface area contributed by atoms with Gasteiger partial charge in [0.15, 0.2) is 11.6 Å². The van der Waals surface area contributed by atoms with Gasteiger partial charge < -0.3 is 14.8 Å². The highest BCUT2D eigenvalue weighted by atomic mass is 19.1. The lowest BCUT2D eigenvalue weighted by molar-refractivity contribution is 0.312. The normalized spacial score (nSPS) is 15.9. The topological polar surface area (TPSA) is 63.8 Å². The third-order valence-electron chi connectivity index (χ3n) is 5.17. The van der Waals surface area contributed by atoms with Crippen molar-refractivity contribution in [3.63, 3.8) is 0 Å². The number of anilines is 1. The summed E-state index contributed by atoms with van der Waals surface area (Å²) in [6.07, 6.45) is 0. The Morgan fingerprint density at radius 1 is 1.00 bits per heavy atom. The van der Waals surface area contributed by atoms with Gasteiger partial charge in [-0.2, -0.15) is 5.10 Å². The Morgan fingerprint density at radius 3 is 2.59 bits per heavy atom. The number of fused-ring (bicyclic) bond motifs is 2. The molecule has 0 aliphatic carbocycles. The number of piperazine rings is 1. The van der Waals surface area contributed by atoms with Crippen molar-refractivity contribution < 1.29 is 8.78 Å². The first kappa shape index (κ1) is 16.2. The van der Waals surface area contributed by atoms with E-state index in [0.29, 0.717) is 33.6 Å². The van der Waals surface area contributed by atoms with Gasteiger partial charge in [-0.3, -0.25) is 5.10 Å². The van der Waals surface area contributed by atoms with Gasteiger partial charge in [0, 0.05) is 31.6 Å². The third kappa shape index (κ3) is 2.64. The highest BCUT2D eigenvalue weighted by Gasteiger charge is 2.21. The molecule has 138 valence electrons. The van der Waals surface area contributed by atoms with Crippen LogP contribution in [0.4, 0.5) is 14.5 Å². The molecule has 0 amide bonds. The summed E-state index contributed by atoms with van der Waals surface area (Å²) in [7, 11) is 2.06. The highest BCUT2D eigenvalue weighted by Crippen LogP contribution is 2.31. The molecule has 0 saturated carbocycles. The van der Waals surface area contributed by atoms with Gasteiger partial charge in [0.1, 0.15) is 17.0 Å². The molecule has 1 aliphatic heterocycles. The molecule has 3 heterocycles. The van der Waals surface area contributed by atoms with E-state index in [-0.39, 0.29) is 17.2 Å². The Hall–Kier alpha value is -3.00. The second-order valence-corrected chi connectivity index (χ2v) is 6.93. The maximum Gasteiger partial charge on any atom is 0.174 e. The summed E-state index contributed by atoms with van der Waals surface area (Å²) in [5.74, 6) is -0.286. The van der Waals surface area contributed by atoms with Crippen molar-refractivity contribution >= 4 is 27.6 Å². The average Bonchev–Trinajstić information content (AvgIpc) is 3.27. The van der Waals surface area contributed by atoms with Crippen molar-refractivity contribution in [2.24, 2.45) is 0 Å². The van der Waals surface area contributed by atoms with Crippen LogP contribution in [0.3, 0.4) is 0 Å². The molecular weight excluding hydrogens is 350 g/mol. The number of halogens is 2. The van der Waals surface area contributed by atoms with Crippen molar-refractivity contribution in [1.82, 2.24) is 25.1 Å². The summed E-state index contributed by atoms with van der Waals surface area (Å²) in [5.41, 5.74) is 2.60. The predicted molar refractivity (Wildman–Crippen MR) is 101 cm³/mol. The van der Waals surface area contributed by atoms with Crippen molar-refractivity contribution in [1.29, 1.82) is 0 Å². The summed E-state index contributed by atoms with van der Waals surface area (Å²) in [6, 6.07) is 8.00. The Kier molecular flexibility index (Phi) is 3.61. The molecule has 0 unspecified atom stereocenters. The van der Waals surface area contributed by atoms with Crippen LogP contribution in [0.15, 0.2) is 30.3 Å². The largest absolute Gasteiger partial charge is 0.367 e. The Bertz CT molecular complexity index is 1140. The molecule has 2 aromatic carbocycles. The number of hydrogen-bond acceptors (Lipinski definition) is 4. The summed E-state index contributed by atoms with van der Waals surface area (Å²) >= 11 is 0. The van der Waals surface area contributed by atoms with E-state index in [2.05, 4.69) is 32.1 Å². The van der Waals surface area contributed by atoms with E-state index in [1.165, 1.54) is 12.1 Å². The molecule has 0 radical (unpaired) electrons. The van der Waals surface area contributed by atoms with E-state index in [1.807, 2.05) is 11.0 Å². The minimum Gasteiger partial charge on any atom is -0.367 e. The maximum atomic E-state index is 15.2. The number of aromatic nitrogens is 4. The number of aromatic amines is 2. The molecule has 0 bridgehead atoms. The molecule has 1 fully saturated rings. The van der Waals surface area contributed by atoms with Crippen molar-refractivity contribution in [2.45, 2.75) is 0 Å². The van der Waals surface area contributed by atoms with Crippen LogP contribution in [0.25, 0.3) is 33.5 Å². The van der Waals surface area contributed by atoms with Crippen LogP contribution in [0.1, 0.15) is 0 Å². The lowest BCUT2D eigenvalue weighted by Crippen LogP contribution is -2.44. The monoisotopic (exact) mass is 368 g/mol. The predicted octanol–water partition coefficient (Wildman–Crippen LogP) is 3.14. The highest BCUT2D eigenvalue weighted by molar-refractivity contribution is 5.93. The molecule has 1 aliphatic rings. The minimum absolute atomic E-state index is 0.272. The smallest absolute Gasteiger partial charge is 0.174 e. The number of nitrogens with one attached hydrogen (secondary N) is 2. The van der Waals surface area contributed by atoms with E-state index >= 15 is 4.39 Å². The van der Waals surface area contributed by atoms with Crippen LogP contribution in [0.2, 0.25) is 0 Å². The van der Waals surface area contributed by atoms with Crippen LogP contribution in [-0.2, 0) is 0 Å². The maximum absolute atomic E-state index is 15.2. The molecule has 2 N–H and O–H groups in total. The zero-order valence-corrected chi connectivity index (χ0v) is 14.8. The summed E-state index contributed by atoms with van der Waals surface area (Å²) in [6.45, 7) is 3.35. The molecule has 8 heteroatoms. The molecule has 27 heavy (non-hydrogen) atoms. The fourth-order valence-corrected chi connectivity index (χ4v) is 3.60. The molecular formula is C19H18F2N6. The number of likely N-dealkylation sites (N-methyl/N-ethyl adjacent to an activating group) is 1. The Balaban J connectivity index is 1.59. The molecule has 1 saturated heterocycles. The van der Waals surface area contributed by atoms with E-state index in [4.69, 9.17) is 0 Å². The Morgan fingerprint density at radius 2 is 1.78 bits per heavy atom. The molecule has 4 aromatic rings.